The molecule has 90 valence electrons. The Morgan fingerprint density at radius 1 is 1.38 bits per heavy atom. The highest BCUT2D eigenvalue weighted by atomic mass is 79.9. The van der Waals surface area contributed by atoms with Gasteiger partial charge in [-0.05, 0) is 31.7 Å². The first-order valence-corrected chi connectivity index (χ1v) is 7.30. The third-order valence-electron chi connectivity index (χ3n) is 2.09. The summed E-state index contributed by atoms with van der Waals surface area (Å²) in [5, 5.41) is 2.81. The summed E-state index contributed by atoms with van der Waals surface area (Å²) in [5.74, 6) is 0.0649. The molecule has 1 aromatic rings. The van der Waals surface area contributed by atoms with E-state index >= 15 is 0 Å². The fourth-order valence-corrected chi connectivity index (χ4v) is 2.65. The molecule has 0 radical (unpaired) electrons. The van der Waals surface area contributed by atoms with Crippen LogP contribution in [-0.4, -0.2) is 27.8 Å². The number of anilines is 1. The molecule has 1 aromatic carbocycles. The number of hydrogen-bond acceptors (Lipinski definition) is 3. The summed E-state index contributed by atoms with van der Waals surface area (Å²) in [5.41, 5.74) is 1.52. The van der Waals surface area contributed by atoms with Gasteiger partial charge in [0.05, 0.1) is 11.4 Å². The van der Waals surface area contributed by atoms with Gasteiger partial charge in [0, 0.05) is 11.0 Å². The molecule has 1 rings (SSSR count). The van der Waals surface area contributed by atoms with Gasteiger partial charge >= 0.3 is 0 Å². The van der Waals surface area contributed by atoms with Crippen LogP contribution in [0.2, 0.25) is 0 Å². The van der Waals surface area contributed by atoms with Gasteiger partial charge in [-0.1, -0.05) is 22.0 Å². The van der Waals surface area contributed by atoms with Crippen molar-refractivity contribution >= 4 is 31.6 Å². The second-order valence-electron chi connectivity index (χ2n) is 3.48. The van der Waals surface area contributed by atoms with Crippen molar-refractivity contribution in [3.05, 3.63) is 28.2 Å². The minimum absolute atomic E-state index is 0.0649. The van der Waals surface area contributed by atoms with E-state index in [2.05, 4.69) is 26.0 Å². The van der Waals surface area contributed by atoms with Crippen LogP contribution in [0, 0.1) is 6.92 Å². The zero-order valence-electron chi connectivity index (χ0n) is 9.25. The number of rotatable bonds is 5. The maximum absolute atomic E-state index is 11.7. The molecule has 0 spiro atoms. The third kappa shape index (κ3) is 4.11. The summed E-state index contributed by atoms with van der Waals surface area (Å²) in [4.78, 5) is 0. The Bertz CT molecular complexity index is 460. The largest absolute Gasteiger partial charge is 0.319 e. The number of nitrogens with one attached hydrogen (secondary N) is 2. The molecule has 16 heavy (non-hydrogen) atoms. The normalized spacial score (nSPS) is 11.4. The summed E-state index contributed by atoms with van der Waals surface area (Å²) in [7, 11) is -1.55. The Morgan fingerprint density at radius 3 is 2.69 bits per heavy atom. The van der Waals surface area contributed by atoms with Crippen molar-refractivity contribution in [2.45, 2.75) is 6.92 Å². The van der Waals surface area contributed by atoms with Gasteiger partial charge in [0.1, 0.15) is 0 Å². The molecule has 0 aliphatic rings. The Hall–Kier alpha value is -0.590. The molecule has 0 saturated heterocycles. The number of halogens is 1. The number of benzene rings is 1. The maximum atomic E-state index is 11.7. The van der Waals surface area contributed by atoms with E-state index in [9.17, 15) is 8.42 Å². The number of sulfonamides is 1. The van der Waals surface area contributed by atoms with Crippen molar-refractivity contribution < 1.29 is 8.42 Å². The monoisotopic (exact) mass is 306 g/mol. The minimum Gasteiger partial charge on any atom is -0.319 e. The fraction of sp³-hybridized carbons (Fsp3) is 0.400. The van der Waals surface area contributed by atoms with Gasteiger partial charge in [0.15, 0.2) is 0 Å². The van der Waals surface area contributed by atoms with Gasteiger partial charge < -0.3 is 5.32 Å². The van der Waals surface area contributed by atoms with Gasteiger partial charge in [-0.2, -0.15) is 0 Å². The standard InChI is InChI=1S/C10H15BrN2O2S/c1-8-3-4-9(11)7-10(8)13-16(14,15)6-5-12-2/h3-4,7,12-13H,5-6H2,1-2H3. The molecular weight excluding hydrogens is 292 g/mol. The van der Waals surface area contributed by atoms with Crippen LogP contribution in [0.15, 0.2) is 22.7 Å². The van der Waals surface area contributed by atoms with Crippen molar-refractivity contribution in [2.75, 3.05) is 24.1 Å². The second kappa shape index (κ2) is 5.65. The van der Waals surface area contributed by atoms with Crippen LogP contribution in [0.5, 0.6) is 0 Å². The van der Waals surface area contributed by atoms with Gasteiger partial charge in [0.2, 0.25) is 10.0 Å². The molecule has 0 bridgehead atoms. The Morgan fingerprint density at radius 2 is 2.06 bits per heavy atom. The van der Waals surface area contributed by atoms with Crippen LogP contribution in [-0.2, 0) is 10.0 Å². The summed E-state index contributed by atoms with van der Waals surface area (Å²) in [6, 6.07) is 5.49. The lowest BCUT2D eigenvalue weighted by Crippen LogP contribution is -2.24. The highest BCUT2D eigenvalue weighted by Gasteiger charge is 2.11. The third-order valence-corrected chi connectivity index (χ3v) is 3.85. The van der Waals surface area contributed by atoms with E-state index < -0.39 is 10.0 Å². The molecule has 0 fully saturated rings. The summed E-state index contributed by atoms with van der Waals surface area (Å²) in [6.07, 6.45) is 0. The van der Waals surface area contributed by atoms with Crippen LogP contribution in [0.1, 0.15) is 5.56 Å². The molecule has 0 aliphatic heterocycles. The zero-order chi connectivity index (χ0) is 12.2. The SMILES string of the molecule is CNCCS(=O)(=O)Nc1cc(Br)ccc1C. The van der Waals surface area contributed by atoms with Crippen LogP contribution in [0.3, 0.4) is 0 Å². The van der Waals surface area contributed by atoms with Gasteiger partial charge in [-0.25, -0.2) is 8.42 Å². The smallest absolute Gasteiger partial charge is 0.233 e. The fourth-order valence-electron chi connectivity index (χ4n) is 1.16. The minimum atomic E-state index is -3.27. The van der Waals surface area contributed by atoms with Crippen molar-refractivity contribution in [3.8, 4) is 0 Å². The average Bonchev–Trinajstić information content (AvgIpc) is 2.20. The Kier molecular flexibility index (Phi) is 4.76. The quantitative estimate of drug-likeness (QED) is 0.871. The lowest BCUT2D eigenvalue weighted by Gasteiger charge is -2.10. The zero-order valence-corrected chi connectivity index (χ0v) is 11.7. The highest BCUT2D eigenvalue weighted by Crippen LogP contribution is 2.21. The number of hydrogen-bond donors (Lipinski definition) is 2. The molecule has 0 saturated carbocycles. The van der Waals surface area contributed by atoms with Crippen molar-refractivity contribution in [1.82, 2.24) is 5.32 Å². The van der Waals surface area contributed by atoms with E-state index in [0.29, 0.717) is 12.2 Å². The molecule has 0 aliphatic carbocycles. The van der Waals surface area contributed by atoms with E-state index in [4.69, 9.17) is 0 Å². The second-order valence-corrected chi connectivity index (χ2v) is 6.24. The highest BCUT2D eigenvalue weighted by molar-refractivity contribution is 9.10. The molecule has 2 N–H and O–H groups in total. The first-order valence-electron chi connectivity index (χ1n) is 4.86. The summed E-state index contributed by atoms with van der Waals surface area (Å²) in [6.45, 7) is 2.30. The van der Waals surface area contributed by atoms with E-state index in [-0.39, 0.29) is 5.75 Å². The van der Waals surface area contributed by atoms with Crippen LogP contribution in [0.4, 0.5) is 5.69 Å². The molecule has 0 aromatic heterocycles. The van der Waals surface area contributed by atoms with Crippen LogP contribution < -0.4 is 10.0 Å². The Labute approximate surface area is 105 Å². The lowest BCUT2D eigenvalue weighted by molar-refractivity contribution is 0.598. The van der Waals surface area contributed by atoms with Crippen molar-refractivity contribution in [3.63, 3.8) is 0 Å². The lowest BCUT2D eigenvalue weighted by atomic mass is 10.2. The van der Waals surface area contributed by atoms with Gasteiger partial charge in [-0.15, -0.1) is 0 Å². The topological polar surface area (TPSA) is 58.2 Å². The molecule has 0 amide bonds. The molecule has 0 atom stereocenters. The first kappa shape index (κ1) is 13.5. The van der Waals surface area contributed by atoms with Gasteiger partial charge in [-0.3, -0.25) is 4.72 Å². The molecule has 6 heteroatoms. The molecule has 0 unspecified atom stereocenters. The Balaban J connectivity index is 2.83. The summed E-state index contributed by atoms with van der Waals surface area (Å²) < 4.78 is 26.7. The van der Waals surface area contributed by atoms with Crippen LogP contribution >= 0.6 is 15.9 Å². The molecule has 0 heterocycles. The van der Waals surface area contributed by atoms with Crippen LogP contribution in [0.25, 0.3) is 0 Å². The average molecular weight is 307 g/mol. The predicted octanol–water partition coefficient (Wildman–Crippen LogP) is 1.72. The van der Waals surface area contributed by atoms with Gasteiger partial charge in [0.25, 0.3) is 0 Å². The maximum Gasteiger partial charge on any atom is 0.233 e. The van der Waals surface area contributed by atoms with E-state index in [1.807, 2.05) is 19.1 Å². The first-order chi connectivity index (χ1) is 7.44. The van der Waals surface area contributed by atoms with Crippen molar-refractivity contribution in [1.29, 1.82) is 0 Å². The van der Waals surface area contributed by atoms with E-state index in [1.54, 1.807) is 13.1 Å². The van der Waals surface area contributed by atoms with E-state index in [1.165, 1.54) is 0 Å². The molecular formula is C10H15BrN2O2S. The summed E-state index contributed by atoms with van der Waals surface area (Å²) >= 11 is 3.31. The molecule has 4 nitrogen and oxygen atoms in total. The van der Waals surface area contributed by atoms with E-state index in [0.717, 1.165) is 10.0 Å². The number of aryl methyl sites for hydroxylation is 1. The van der Waals surface area contributed by atoms with Crippen molar-refractivity contribution in [2.24, 2.45) is 0 Å². The predicted molar refractivity (Wildman–Crippen MR) is 70.2 cm³/mol.